The number of likely N-dealkylation sites (N-methyl/N-ethyl adjacent to an activating group) is 1. The second-order valence-electron chi connectivity index (χ2n) is 4.93. The minimum atomic E-state index is -0.404. The van der Waals surface area contributed by atoms with E-state index in [-0.39, 0.29) is 24.8 Å². The highest BCUT2D eigenvalue weighted by molar-refractivity contribution is 6.31. The normalized spacial score (nSPS) is 10.8. The van der Waals surface area contributed by atoms with Crippen molar-refractivity contribution in [1.82, 2.24) is 4.90 Å². The van der Waals surface area contributed by atoms with E-state index in [1.807, 2.05) is 0 Å². The van der Waals surface area contributed by atoms with Crippen molar-refractivity contribution in [3.8, 4) is 0 Å². The first-order valence-corrected chi connectivity index (χ1v) is 7.00. The summed E-state index contributed by atoms with van der Waals surface area (Å²) in [6, 6.07) is 9.93. The van der Waals surface area contributed by atoms with Crippen molar-refractivity contribution >= 4 is 23.2 Å². The molecule has 0 spiro atoms. The molecule has 116 valence electrons. The van der Waals surface area contributed by atoms with Gasteiger partial charge >= 0.3 is 0 Å². The molecule has 0 aliphatic rings. The Morgan fingerprint density at radius 1 is 1.18 bits per heavy atom. The zero-order valence-corrected chi connectivity index (χ0v) is 12.7. The quantitative estimate of drug-likeness (QED) is 0.909. The molecule has 6 heteroatoms. The Bertz CT molecular complexity index is 641. The van der Waals surface area contributed by atoms with E-state index in [2.05, 4.69) is 5.32 Å². The number of hydrogen-bond acceptors (Lipinski definition) is 2. The van der Waals surface area contributed by atoms with E-state index in [1.54, 1.807) is 18.0 Å². The predicted octanol–water partition coefficient (Wildman–Crippen LogP) is 3.69. The topological polar surface area (TPSA) is 32.3 Å². The Morgan fingerprint density at radius 3 is 2.50 bits per heavy atom. The third-order valence-corrected chi connectivity index (χ3v) is 3.39. The maximum absolute atomic E-state index is 13.7. The molecular weight excluding hydrogens is 310 g/mol. The van der Waals surface area contributed by atoms with Crippen LogP contribution in [0, 0.1) is 11.6 Å². The summed E-state index contributed by atoms with van der Waals surface area (Å²) in [5.41, 5.74) is 0.852. The van der Waals surface area contributed by atoms with Crippen LogP contribution in [0.5, 0.6) is 0 Å². The highest BCUT2D eigenvalue weighted by Gasteiger charge is 2.12. The fourth-order valence-corrected chi connectivity index (χ4v) is 2.21. The van der Waals surface area contributed by atoms with E-state index in [0.717, 1.165) is 0 Å². The number of carbonyl (C=O) groups is 1. The molecular formula is C16H15ClF2N2O. The van der Waals surface area contributed by atoms with Crippen molar-refractivity contribution in [1.29, 1.82) is 0 Å². The van der Waals surface area contributed by atoms with Gasteiger partial charge < -0.3 is 5.32 Å². The first-order chi connectivity index (χ1) is 10.5. The van der Waals surface area contributed by atoms with Crippen LogP contribution >= 0.6 is 11.6 Å². The summed E-state index contributed by atoms with van der Waals surface area (Å²) in [4.78, 5) is 13.5. The number of benzene rings is 2. The molecule has 0 heterocycles. The smallest absolute Gasteiger partial charge is 0.238 e. The SMILES string of the molecule is CN(CC(=O)Nc1ccc(F)cc1)Cc1c(F)cccc1Cl. The van der Waals surface area contributed by atoms with Crippen molar-refractivity contribution in [2.75, 3.05) is 18.9 Å². The Hall–Kier alpha value is -1.98. The molecule has 22 heavy (non-hydrogen) atoms. The molecule has 2 aromatic rings. The van der Waals surface area contributed by atoms with Crippen molar-refractivity contribution in [3.05, 3.63) is 64.7 Å². The van der Waals surface area contributed by atoms with Crippen LogP contribution in [0.3, 0.4) is 0 Å². The van der Waals surface area contributed by atoms with Gasteiger partial charge in [-0.3, -0.25) is 9.69 Å². The summed E-state index contributed by atoms with van der Waals surface area (Å²) in [5.74, 6) is -1.05. The standard InChI is InChI=1S/C16H15ClF2N2O/c1-21(9-13-14(17)3-2-4-15(13)19)10-16(22)20-12-7-5-11(18)6-8-12/h2-8H,9-10H2,1H3,(H,20,22). The van der Waals surface area contributed by atoms with Crippen molar-refractivity contribution in [2.24, 2.45) is 0 Å². The number of amides is 1. The lowest BCUT2D eigenvalue weighted by Crippen LogP contribution is -2.30. The molecule has 1 N–H and O–H groups in total. The summed E-state index contributed by atoms with van der Waals surface area (Å²) < 4.78 is 26.5. The average Bonchev–Trinajstić information content (AvgIpc) is 2.45. The Kier molecular flexibility index (Phi) is 5.46. The highest BCUT2D eigenvalue weighted by Crippen LogP contribution is 2.20. The van der Waals surface area contributed by atoms with Gasteiger partial charge in [0.1, 0.15) is 11.6 Å². The lowest BCUT2D eigenvalue weighted by molar-refractivity contribution is -0.117. The van der Waals surface area contributed by atoms with Gasteiger partial charge in [-0.25, -0.2) is 8.78 Å². The van der Waals surface area contributed by atoms with Gasteiger partial charge in [-0.05, 0) is 43.4 Å². The van der Waals surface area contributed by atoms with Crippen molar-refractivity contribution < 1.29 is 13.6 Å². The monoisotopic (exact) mass is 324 g/mol. The number of hydrogen-bond donors (Lipinski definition) is 1. The lowest BCUT2D eigenvalue weighted by atomic mass is 10.2. The van der Waals surface area contributed by atoms with Crippen LogP contribution in [0.1, 0.15) is 5.56 Å². The van der Waals surface area contributed by atoms with Crippen LogP contribution in [0.25, 0.3) is 0 Å². The van der Waals surface area contributed by atoms with Gasteiger partial charge in [0.25, 0.3) is 0 Å². The zero-order valence-electron chi connectivity index (χ0n) is 11.9. The van der Waals surface area contributed by atoms with Gasteiger partial charge in [-0.2, -0.15) is 0 Å². The molecule has 0 saturated heterocycles. The number of nitrogens with one attached hydrogen (secondary N) is 1. The molecule has 0 atom stereocenters. The van der Waals surface area contributed by atoms with Crippen LogP contribution in [-0.2, 0) is 11.3 Å². The van der Waals surface area contributed by atoms with E-state index in [4.69, 9.17) is 11.6 Å². The summed E-state index contributed by atoms with van der Waals surface area (Å²) >= 11 is 5.95. The fraction of sp³-hybridized carbons (Fsp3) is 0.188. The van der Waals surface area contributed by atoms with Gasteiger partial charge in [0.15, 0.2) is 0 Å². The van der Waals surface area contributed by atoms with Crippen LogP contribution in [0.2, 0.25) is 5.02 Å². The molecule has 0 aliphatic heterocycles. The van der Waals surface area contributed by atoms with Crippen LogP contribution in [0.4, 0.5) is 14.5 Å². The van der Waals surface area contributed by atoms with Crippen LogP contribution < -0.4 is 5.32 Å². The van der Waals surface area contributed by atoms with E-state index in [1.165, 1.54) is 36.4 Å². The molecule has 2 rings (SSSR count). The summed E-state index contributed by atoms with van der Waals surface area (Å²) in [6.07, 6.45) is 0. The number of anilines is 1. The van der Waals surface area contributed by atoms with E-state index in [0.29, 0.717) is 16.3 Å². The molecule has 0 aliphatic carbocycles. The molecule has 0 bridgehead atoms. The average molecular weight is 325 g/mol. The first kappa shape index (κ1) is 16.4. The number of rotatable bonds is 5. The van der Waals surface area contributed by atoms with Crippen molar-refractivity contribution in [3.63, 3.8) is 0 Å². The molecule has 0 aromatic heterocycles. The first-order valence-electron chi connectivity index (χ1n) is 6.62. The fourth-order valence-electron chi connectivity index (χ4n) is 1.99. The highest BCUT2D eigenvalue weighted by atomic mass is 35.5. The second kappa shape index (κ2) is 7.33. The van der Waals surface area contributed by atoms with Crippen molar-refractivity contribution in [2.45, 2.75) is 6.54 Å². The van der Waals surface area contributed by atoms with Crippen LogP contribution in [-0.4, -0.2) is 24.4 Å². The summed E-state index contributed by atoms with van der Waals surface area (Å²) in [6.45, 7) is 0.268. The predicted molar refractivity (Wildman–Crippen MR) is 82.8 cm³/mol. The van der Waals surface area contributed by atoms with Crippen LogP contribution in [0.15, 0.2) is 42.5 Å². The second-order valence-corrected chi connectivity index (χ2v) is 5.33. The van der Waals surface area contributed by atoms with E-state index < -0.39 is 5.82 Å². The Labute approximate surface area is 132 Å². The van der Waals surface area contributed by atoms with Gasteiger partial charge in [0, 0.05) is 22.8 Å². The number of halogens is 3. The maximum Gasteiger partial charge on any atom is 0.238 e. The maximum atomic E-state index is 13.7. The molecule has 3 nitrogen and oxygen atoms in total. The minimum Gasteiger partial charge on any atom is -0.325 e. The Balaban J connectivity index is 1.92. The largest absolute Gasteiger partial charge is 0.325 e. The lowest BCUT2D eigenvalue weighted by Gasteiger charge is -2.17. The van der Waals surface area contributed by atoms with E-state index in [9.17, 15) is 13.6 Å². The summed E-state index contributed by atoms with van der Waals surface area (Å²) in [7, 11) is 1.69. The van der Waals surface area contributed by atoms with Gasteiger partial charge in [-0.15, -0.1) is 0 Å². The molecule has 0 fully saturated rings. The third kappa shape index (κ3) is 4.51. The minimum absolute atomic E-state index is 0.0576. The molecule has 1 amide bonds. The third-order valence-electron chi connectivity index (χ3n) is 3.03. The molecule has 0 unspecified atom stereocenters. The van der Waals surface area contributed by atoms with E-state index >= 15 is 0 Å². The van der Waals surface area contributed by atoms with Gasteiger partial charge in [-0.1, -0.05) is 17.7 Å². The van der Waals surface area contributed by atoms with Gasteiger partial charge in [0.2, 0.25) is 5.91 Å². The molecule has 0 radical (unpaired) electrons. The van der Waals surface area contributed by atoms with Gasteiger partial charge in [0.05, 0.1) is 6.54 Å². The zero-order chi connectivity index (χ0) is 16.1. The number of carbonyl (C=O) groups excluding carboxylic acids is 1. The Morgan fingerprint density at radius 2 is 1.86 bits per heavy atom. The molecule has 0 saturated carbocycles. The number of nitrogens with zero attached hydrogens (tertiary/aromatic N) is 1. The molecule has 2 aromatic carbocycles. The summed E-state index contributed by atoms with van der Waals surface area (Å²) in [5, 5.41) is 2.97.